The van der Waals surface area contributed by atoms with E-state index in [1.54, 1.807) is 0 Å². The first-order valence-electron chi connectivity index (χ1n) is 8.90. The molecule has 0 saturated heterocycles. The molecule has 0 radical (unpaired) electrons. The lowest BCUT2D eigenvalue weighted by molar-refractivity contribution is -0.149. The number of carbonyl (C=O) groups is 2. The van der Waals surface area contributed by atoms with Gasteiger partial charge in [-0.05, 0) is 12.8 Å². The normalized spacial score (nSPS) is 10.0. The van der Waals surface area contributed by atoms with Gasteiger partial charge in [-0.25, -0.2) is 4.79 Å². The van der Waals surface area contributed by atoms with E-state index in [1.165, 1.54) is 57.8 Å². The Morgan fingerprint density at radius 3 is 1.68 bits per heavy atom. The fourth-order valence-corrected chi connectivity index (χ4v) is 2.32. The second kappa shape index (κ2) is 16.1. The zero-order valence-electron chi connectivity index (χ0n) is 14.2. The van der Waals surface area contributed by atoms with Gasteiger partial charge < -0.3 is 5.11 Å². The molecule has 22 heavy (non-hydrogen) atoms. The van der Waals surface area contributed by atoms with Crippen molar-refractivity contribution < 1.29 is 14.7 Å². The largest absolute Gasteiger partial charge is 0.476 e. The summed E-state index contributed by atoms with van der Waals surface area (Å²) in [6, 6.07) is 0. The molecule has 0 aliphatic rings. The summed E-state index contributed by atoms with van der Waals surface area (Å²) in [6.07, 6.45) is 15.5. The minimum Gasteiger partial charge on any atom is -0.476 e. The smallest absolute Gasteiger partial charge is 0.372 e. The summed E-state index contributed by atoms with van der Waals surface area (Å²) >= 11 is 0. The third kappa shape index (κ3) is 15.1. The van der Waals surface area contributed by atoms with E-state index in [1.807, 2.05) is 0 Å². The van der Waals surface area contributed by atoms with E-state index in [2.05, 4.69) is 18.8 Å². The third-order valence-corrected chi connectivity index (χ3v) is 3.72. The van der Waals surface area contributed by atoms with Crippen LogP contribution in [0.1, 0.15) is 96.8 Å². The van der Waals surface area contributed by atoms with Crippen molar-refractivity contribution in [2.75, 3.05) is 0 Å². The summed E-state index contributed by atoms with van der Waals surface area (Å²) < 4.78 is 0. The van der Waals surface area contributed by atoms with E-state index >= 15 is 0 Å². The maximum atomic E-state index is 10.8. The highest BCUT2D eigenvalue weighted by Gasteiger charge is 2.09. The summed E-state index contributed by atoms with van der Waals surface area (Å²) in [6.45, 7) is 2.25. The van der Waals surface area contributed by atoms with Crippen LogP contribution in [0.2, 0.25) is 0 Å². The number of hydrogen-bond acceptors (Lipinski definition) is 2. The zero-order valence-corrected chi connectivity index (χ0v) is 14.2. The van der Waals surface area contributed by atoms with Gasteiger partial charge in [-0.1, -0.05) is 64.7 Å². The van der Waals surface area contributed by atoms with Gasteiger partial charge in [0.2, 0.25) is 5.78 Å². The summed E-state index contributed by atoms with van der Waals surface area (Å²) in [7, 11) is 0. The van der Waals surface area contributed by atoms with Crippen LogP contribution in [-0.4, -0.2) is 16.9 Å². The van der Waals surface area contributed by atoms with Gasteiger partial charge in [0.25, 0.3) is 0 Å². The van der Waals surface area contributed by atoms with Gasteiger partial charge in [0.1, 0.15) is 0 Å². The lowest BCUT2D eigenvalue weighted by Gasteiger charge is -2.00. The number of ketones is 1. The summed E-state index contributed by atoms with van der Waals surface area (Å²) in [5.41, 5.74) is 0. The third-order valence-electron chi connectivity index (χ3n) is 3.72. The van der Waals surface area contributed by atoms with Gasteiger partial charge in [-0.3, -0.25) is 4.79 Å². The van der Waals surface area contributed by atoms with Crippen LogP contribution in [-0.2, 0) is 9.59 Å². The molecule has 0 aliphatic carbocycles. The topological polar surface area (TPSA) is 54.4 Å². The van der Waals surface area contributed by atoms with Crippen LogP contribution < -0.4 is 0 Å². The van der Waals surface area contributed by atoms with Crippen LogP contribution in [0.3, 0.4) is 0 Å². The van der Waals surface area contributed by atoms with Crippen molar-refractivity contribution in [2.45, 2.75) is 96.8 Å². The molecule has 0 aromatic carbocycles. The maximum Gasteiger partial charge on any atom is 0.372 e. The minimum atomic E-state index is -1.33. The number of hydrogen-bond donors (Lipinski definition) is 1. The van der Waals surface area contributed by atoms with Crippen molar-refractivity contribution in [1.82, 2.24) is 0 Å². The molecule has 126 valence electrons. The highest BCUT2D eigenvalue weighted by Crippen LogP contribution is 2.11. The standard InChI is InChI=1S/C19H32O3/c1-2-3-4-5-6-7-8-9-10-11-12-13-14-15-16-17-18(20)19(21)22/h2-12,15-17H2,1H3,(H,21,22). The second-order valence-corrected chi connectivity index (χ2v) is 5.87. The number of Topliss-reactive ketones (excluding diaryl/α,β-unsaturated/α-hetero) is 1. The Morgan fingerprint density at radius 1 is 0.727 bits per heavy atom. The van der Waals surface area contributed by atoms with Crippen LogP contribution in [0.4, 0.5) is 0 Å². The average molecular weight is 308 g/mol. The number of rotatable bonds is 14. The molecule has 0 saturated carbocycles. The molecule has 0 heterocycles. The van der Waals surface area contributed by atoms with Gasteiger partial charge >= 0.3 is 5.97 Å². The quantitative estimate of drug-likeness (QED) is 0.275. The van der Waals surface area contributed by atoms with Gasteiger partial charge in [-0.15, -0.1) is 11.8 Å². The molecule has 0 spiro atoms. The molecule has 0 aromatic heterocycles. The van der Waals surface area contributed by atoms with E-state index < -0.39 is 11.8 Å². The Balaban J connectivity index is 3.22. The first-order chi connectivity index (χ1) is 10.7. The summed E-state index contributed by atoms with van der Waals surface area (Å²) in [5.74, 6) is 4.07. The molecule has 0 atom stereocenters. The highest BCUT2D eigenvalue weighted by atomic mass is 16.4. The maximum absolute atomic E-state index is 10.8. The van der Waals surface area contributed by atoms with Crippen molar-refractivity contribution in [3.63, 3.8) is 0 Å². The fourth-order valence-electron chi connectivity index (χ4n) is 2.32. The molecule has 1 N–H and O–H groups in total. The zero-order chi connectivity index (χ0) is 16.5. The van der Waals surface area contributed by atoms with Crippen LogP contribution in [0.25, 0.3) is 0 Å². The second-order valence-electron chi connectivity index (χ2n) is 5.87. The van der Waals surface area contributed by atoms with Crippen LogP contribution in [0, 0.1) is 11.8 Å². The molecule has 3 heteroatoms. The average Bonchev–Trinajstić information content (AvgIpc) is 2.50. The van der Waals surface area contributed by atoms with Crippen molar-refractivity contribution >= 4 is 11.8 Å². The number of aliphatic carboxylic acids is 1. The number of carbonyl (C=O) groups excluding carboxylic acids is 1. The van der Waals surface area contributed by atoms with E-state index in [0.717, 1.165) is 12.8 Å². The Kier molecular flexibility index (Phi) is 15.1. The fraction of sp³-hybridized carbons (Fsp3) is 0.789. The van der Waals surface area contributed by atoms with Gasteiger partial charge in [0.15, 0.2) is 0 Å². The van der Waals surface area contributed by atoms with Crippen molar-refractivity contribution in [1.29, 1.82) is 0 Å². The summed E-state index contributed by atoms with van der Waals surface area (Å²) in [5, 5.41) is 8.41. The lowest BCUT2D eigenvalue weighted by Crippen LogP contribution is -2.11. The minimum absolute atomic E-state index is 0.0995. The molecule has 0 aliphatic heterocycles. The van der Waals surface area contributed by atoms with Gasteiger partial charge in [0.05, 0.1) is 0 Å². The monoisotopic (exact) mass is 308 g/mol. The first kappa shape index (κ1) is 20.7. The highest BCUT2D eigenvalue weighted by molar-refractivity contribution is 6.32. The molecule has 0 amide bonds. The van der Waals surface area contributed by atoms with Crippen LogP contribution >= 0.6 is 0 Å². The molecule has 3 nitrogen and oxygen atoms in total. The predicted octanol–water partition coefficient (Wildman–Crippen LogP) is 5.12. The Morgan fingerprint density at radius 2 is 1.18 bits per heavy atom. The molecule has 0 rings (SSSR count). The molecule has 0 aromatic rings. The van der Waals surface area contributed by atoms with E-state index in [9.17, 15) is 9.59 Å². The van der Waals surface area contributed by atoms with Gasteiger partial charge in [0, 0.05) is 19.3 Å². The van der Waals surface area contributed by atoms with E-state index in [4.69, 9.17) is 5.11 Å². The number of carboxylic acids is 1. The Hall–Kier alpha value is -1.30. The predicted molar refractivity (Wildman–Crippen MR) is 90.7 cm³/mol. The van der Waals surface area contributed by atoms with Gasteiger partial charge in [-0.2, -0.15) is 0 Å². The molecule has 0 unspecified atom stereocenters. The Bertz CT molecular complexity index is 349. The van der Waals surface area contributed by atoms with E-state index in [0.29, 0.717) is 12.8 Å². The molecular formula is C19H32O3. The number of unbranched alkanes of at least 4 members (excludes halogenated alkanes) is 11. The first-order valence-corrected chi connectivity index (χ1v) is 8.90. The van der Waals surface area contributed by atoms with Crippen LogP contribution in [0.15, 0.2) is 0 Å². The Labute approximate surface area is 135 Å². The molecule has 0 bridgehead atoms. The number of carboxylic acid groups (broad SMARTS) is 1. The van der Waals surface area contributed by atoms with E-state index in [-0.39, 0.29) is 6.42 Å². The summed E-state index contributed by atoms with van der Waals surface area (Å²) in [4.78, 5) is 21.1. The molecule has 0 fully saturated rings. The van der Waals surface area contributed by atoms with Crippen molar-refractivity contribution in [2.24, 2.45) is 0 Å². The lowest BCUT2D eigenvalue weighted by atomic mass is 10.1. The SMILES string of the molecule is CCCCCCCCCCCCC#CCCCC(=O)C(=O)O. The van der Waals surface area contributed by atoms with Crippen molar-refractivity contribution in [3.8, 4) is 11.8 Å². The van der Waals surface area contributed by atoms with Crippen LogP contribution in [0.5, 0.6) is 0 Å². The van der Waals surface area contributed by atoms with Crippen molar-refractivity contribution in [3.05, 3.63) is 0 Å². The molecular weight excluding hydrogens is 276 g/mol.